The molecular formula is C13H25N5O. The Morgan fingerprint density at radius 3 is 2.32 bits per heavy atom. The molecule has 0 saturated heterocycles. The summed E-state index contributed by atoms with van der Waals surface area (Å²) in [6.45, 7) is 11.2. The van der Waals surface area contributed by atoms with Crippen molar-refractivity contribution >= 4 is 11.9 Å². The van der Waals surface area contributed by atoms with Gasteiger partial charge < -0.3 is 15.0 Å². The number of nitrogens with zero attached hydrogens (tertiary/aromatic N) is 4. The highest BCUT2D eigenvalue weighted by molar-refractivity contribution is 5.38. The Bertz CT molecular complexity index is 397. The molecule has 0 amide bonds. The van der Waals surface area contributed by atoms with Gasteiger partial charge in [-0.1, -0.05) is 6.92 Å². The Morgan fingerprint density at radius 2 is 1.84 bits per heavy atom. The Morgan fingerprint density at radius 1 is 1.16 bits per heavy atom. The molecule has 1 heterocycles. The molecule has 0 fully saturated rings. The third-order valence-corrected chi connectivity index (χ3v) is 2.89. The largest absolute Gasteiger partial charge is 0.461 e. The minimum absolute atomic E-state index is 0.0404. The number of rotatable bonds is 7. The van der Waals surface area contributed by atoms with Crippen molar-refractivity contribution in [3.63, 3.8) is 0 Å². The van der Waals surface area contributed by atoms with E-state index in [9.17, 15) is 0 Å². The molecule has 0 radical (unpaired) electrons. The highest BCUT2D eigenvalue weighted by Gasteiger charge is 2.17. The highest BCUT2D eigenvalue weighted by Crippen LogP contribution is 2.18. The summed E-state index contributed by atoms with van der Waals surface area (Å²) in [5.41, 5.74) is 0. The number of hydrogen-bond acceptors (Lipinski definition) is 6. The smallest absolute Gasteiger partial charge is 0.323 e. The molecule has 0 spiro atoms. The first-order chi connectivity index (χ1) is 9.01. The number of nitrogens with one attached hydrogen (secondary N) is 1. The first-order valence-corrected chi connectivity index (χ1v) is 6.88. The van der Waals surface area contributed by atoms with Gasteiger partial charge in [0, 0.05) is 19.6 Å². The summed E-state index contributed by atoms with van der Waals surface area (Å²) in [5.74, 6) is 1.19. The lowest BCUT2D eigenvalue weighted by molar-refractivity contribution is 0.222. The number of anilines is 2. The van der Waals surface area contributed by atoms with Gasteiger partial charge in [0.15, 0.2) is 0 Å². The van der Waals surface area contributed by atoms with Crippen LogP contribution in [-0.2, 0) is 0 Å². The van der Waals surface area contributed by atoms with E-state index in [0.29, 0.717) is 23.9 Å². The number of aromatic nitrogens is 3. The average Bonchev–Trinajstić information content (AvgIpc) is 2.38. The van der Waals surface area contributed by atoms with Crippen LogP contribution in [0.4, 0.5) is 11.9 Å². The Kier molecular flexibility index (Phi) is 5.79. The minimum atomic E-state index is 0.0404. The second kappa shape index (κ2) is 7.11. The molecule has 0 aliphatic rings. The first kappa shape index (κ1) is 15.5. The molecule has 19 heavy (non-hydrogen) atoms. The van der Waals surface area contributed by atoms with Gasteiger partial charge in [-0.25, -0.2) is 0 Å². The van der Waals surface area contributed by atoms with Gasteiger partial charge in [-0.3, -0.25) is 0 Å². The molecule has 1 N–H and O–H groups in total. The van der Waals surface area contributed by atoms with Crippen molar-refractivity contribution in [3.05, 3.63) is 0 Å². The topological polar surface area (TPSA) is 63.2 Å². The van der Waals surface area contributed by atoms with E-state index in [4.69, 9.17) is 4.74 Å². The van der Waals surface area contributed by atoms with Crippen LogP contribution in [0.15, 0.2) is 0 Å². The lowest BCUT2D eigenvalue weighted by atomic mass is 10.2. The Labute approximate surface area is 115 Å². The summed E-state index contributed by atoms with van der Waals surface area (Å²) in [7, 11) is 1.79. The van der Waals surface area contributed by atoms with Gasteiger partial charge in [0.2, 0.25) is 11.9 Å². The zero-order valence-corrected chi connectivity index (χ0v) is 12.8. The molecular weight excluding hydrogens is 242 g/mol. The van der Waals surface area contributed by atoms with Crippen LogP contribution in [0, 0.1) is 0 Å². The SMILES string of the molecule is CCC(C)N(CC)c1nc(NC)nc(OC(C)C)n1. The minimum Gasteiger partial charge on any atom is -0.461 e. The summed E-state index contributed by atoms with van der Waals surface area (Å²) >= 11 is 0. The molecule has 0 aliphatic carbocycles. The molecule has 0 aliphatic heterocycles. The first-order valence-electron chi connectivity index (χ1n) is 6.88. The predicted octanol–water partition coefficient (Wildman–Crippen LogP) is 2.33. The van der Waals surface area contributed by atoms with Crippen LogP contribution in [0.2, 0.25) is 0 Å². The van der Waals surface area contributed by atoms with Crippen LogP contribution in [0.1, 0.15) is 41.0 Å². The van der Waals surface area contributed by atoms with Gasteiger partial charge in [-0.05, 0) is 34.1 Å². The van der Waals surface area contributed by atoms with Crippen molar-refractivity contribution in [2.24, 2.45) is 0 Å². The van der Waals surface area contributed by atoms with Crippen molar-refractivity contribution < 1.29 is 4.74 Å². The molecule has 1 aromatic heterocycles. The van der Waals surface area contributed by atoms with Gasteiger partial charge in [0.05, 0.1) is 6.10 Å². The van der Waals surface area contributed by atoms with E-state index >= 15 is 0 Å². The molecule has 6 nitrogen and oxygen atoms in total. The summed E-state index contributed by atoms with van der Waals surface area (Å²) in [4.78, 5) is 15.2. The summed E-state index contributed by atoms with van der Waals surface area (Å²) < 4.78 is 5.58. The lowest BCUT2D eigenvalue weighted by Crippen LogP contribution is -2.34. The van der Waals surface area contributed by atoms with Crippen LogP contribution in [0.5, 0.6) is 6.01 Å². The molecule has 1 unspecified atom stereocenters. The normalized spacial score (nSPS) is 12.4. The standard InChI is InChI=1S/C13H25N5O/c1-7-10(5)18(8-2)12-15-11(14-6)16-13(17-12)19-9(3)4/h9-10H,7-8H2,1-6H3,(H,14,15,16,17). The van der Waals surface area contributed by atoms with Gasteiger partial charge in [0.1, 0.15) is 0 Å². The van der Waals surface area contributed by atoms with Gasteiger partial charge in [-0.15, -0.1) is 0 Å². The lowest BCUT2D eigenvalue weighted by Gasteiger charge is -2.27. The van der Waals surface area contributed by atoms with Crippen molar-refractivity contribution in [2.75, 3.05) is 23.8 Å². The Hall–Kier alpha value is -1.59. The molecule has 1 aromatic rings. The van der Waals surface area contributed by atoms with Crippen molar-refractivity contribution in [1.29, 1.82) is 0 Å². The van der Waals surface area contributed by atoms with E-state index < -0.39 is 0 Å². The maximum Gasteiger partial charge on any atom is 0.323 e. The van der Waals surface area contributed by atoms with Crippen LogP contribution in [0.3, 0.4) is 0 Å². The van der Waals surface area contributed by atoms with Gasteiger partial charge in [-0.2, -0.15) is 15.0 Å². The van der Waals surface area contributed by atoms with Crippen molar-refractivity contribution in [3.8, 4) is 6.01 Å². The van der Waals surface area contributed by atoms with E-state index in [1.165, 1.54) is 0 Å². The molecule has 6 heteroatoms. The van der Waals surface area contributed by atoms with Crippen molar-refractivity contribution in [1.82, 2.24) is 15.0 Å². The molecule has 1 atom stereocenters. The highest BCUT2D eigenvalue weighted by atomic mass is 16.5. The van der Waals surface area contributed by atoms with E-state index in [1.807, 2.05) is 13.8 Å². The van der Waals surface area contributed by atoms with Crippen molar-refractivity contribution in [2.45, 2.75) is 53.2 Å². The van der Waals surface area contributed by atoms with Crippen LogP contribution in [0.25, 0.3) is 0 Å². The van der Waals surface area contributed by atoms with E-state index in [2.05, 4.69) is 45.9 Å². The zero-order valence-electron chi connectivity index (χ0n) is 12.8. The number of hydrogen-bond donors (Lipinski definition) is 1. The third kappa shape index (κ3) is 4.22. The van der Waals surface area contributed by atoms with E-state index in [0.717, 1.165) is 13.0 Å². The molecule has 108 valence electrons. The Balaban J connectivity index is 3.10. The van der Waals surface area contributed by atoms with E-state index in [1.54, 1.807) is 7.05 Å². The second-order valence-electron chi connectivity index (χ2n) is 4.70. The predicted molar refractivity (Wildman–Crippen MR) is 77.9 cm³/mol. The maximum atomic E-state index is 5.58. The zero-order chi connectivity index (χ0) is 14.4. The summed E-state index contributed by atoms with van der Waals surface area (Å²) in [6, 6.07) is 0.745. The van der Waals surface area contributed by atoms with Gasteiger partial charge in [0.25, 0.3) is 0 Å². The monoisotopic (exact) mass is 267 g/mol. The third-order valence-electron chi connectivity index (χ3n) is 2.89. The number of ether oxygens (including phenoxy) is 1. The van der Waals surface area contributed by atoms with Crippen LogP contribution >= 0.6 is 0 Å². The molecule has 0 aromatic carbocycles. The quantitative estimate of drug-likeness (QED) is 0.818. The molecule has 0 saturated carbocycles. The second-order valence-corrected chi connectivity index (χ2v) is 4.70. The fourth-order valence-electron chi connectivity index (χ4n) is 1.72. The van der Waals surface area contributed by atoms with Crippen LogP contribution in [-0.4, -0.2) is 40.7 Å². The fourth-order valence-corrected chi connectivity index (χ4v) is 1.72. The van der Waals surface area contributed by atoms with Gasteiger partial charge >= 0.3 is 6.01 Å². The molecule has 0 bridgehead atoms. The van der Waals surface area contributed by atoms with Crippen LogP contribution < -0.4 is 15.0 Å². The maximum absolute atomic E-state index is 5.58. The summed E-state index contributed by atoms with van der Waals surface area (Å²) in [5, 5.41) is 2.95. The average molecular weight is 267 g/mol. The fraction of sp³-hybridized carbons (Fsp3) is 0.769. The molecule has 1 rings (SSSR count). The summed E-state index contributed by atoms with van der Waals surface area (Å²) in [6.07, 6.45) is 1.08. The van der Waals surface area contributed by atoms with E-state index in [-0.39, 0.29) is 6.10 Å².